The number of carbonyl (C=O) groups excluding carboxylic acids is 1. The summed E-state index contributed by atoms with van der Waals surface area (Å²) in [6.45, 7) is 0.863. The van der Waals surface area contributed by atoms with Gasteiger partial charge in [0.2, 0.25) is 5.91 Å². The Morgan fingerprint density at radius 1 is 1.50 bits per heavy atom. The number of piperidine rings is 1. The zero-order valence-corrected chi connectivity index (χ0v) is 10.4. The molecule has 1 saturated heterocycles. The molecule has 1 aliphatic heterocycles. The summed E-state index contributed by atoms with van der Waals surface area (Å²) in [6, 6.07) is 4.58. The maximum absolute atomic E-state index is 12.0. The molecule has 0 radical (unpaired) electrons. The topological polar surface area (TPSA) is 70.6 Å². The first-order valence-corrected chi connectivity index (χ1v) is 6.12. The number of anilines is 1. The lowest BCUT2D eigenvalue weighted by atomic mass is 10.0. The van der Waals surface area contributed by atoms with Gasteiger partial charge in [-0.1, -0.05) is 6.42 Å². The van der Waals surface area contributed by atoms with Crippen LogP contribution in [-0.2, 0) is 4.79 Å². The van der Waals surface area contributed by atoms with Gasteiger partial charge < -0.3 is 20.5 Å². The molecule has 1 aromatic rings. The molecule has 0 bridgehead atoms. The van der Waals surface area contributed by atoms with Crippen molar-refractivity contribution in [3.8, 4) is 11.5 Å². The molecule has 2 rings (SSSR count). The van der Waals surface area contributed by atoms with Crippen LogP contribution in [0.5, 0.6) is 11.5 Å². The summed E-state index contributed by atoms with van der Waals surface area (Å²) < 4.78 is 5.06. The van der Waals surface area contributed by atoms with Crippen LogP contribution in [0.25, 0.3) is 0 Å². The third kappa shape index (κ3) is 2.92. The Morgan fingerprint density at radius 3 is 3.00 bits per heavy atom. The minimum Gasteiger partial charge on any atom is -0.506 e. The summed E-state index contributed by atoms with van der Waals surface area (Å²) in [7, 11) is 1.54. The number of benzene rings is 1. The summed E-state index contributed by atoms with van der Waals surface area (Å²) in [5.41, 5.74) is 0.381. The summed E-state index contributed by atoms with van der Waals surface area (Å²) in [5.74, 6) is 0.526. The Morgan fingerprint density at radius 2 is 2.33 bits per heavy atom. The predicted octanol–water partition coefficient (Wildman–Crippen LogP) is 1.48. The van der Waals surface area contributed by atoms with E-state index in [9.17, 15) is 9.90 Å². The number of rotatable bonds is 3. The van der Waals surface area contributed by atoms with Crippen LogP contribution in [0.2, 0.25) is 0 Å². The zero-order chi connectivity index (χ0) is 13.0. The molecule has 98 valence electrons. The number of nitrogens with one attached hydrogen (secondary N) is 2. The summed E-state index contributed by atoms with van der Waals surface area (Å²) in [4.78, 5) is 12.0. The van der Waals surface area contributed by atoms with Crippen LogP contribution in [0.15, 0.2) is 18.2 Å². The normalized spacial score (nSPS) is 19.3. The Bertz CT molecular complexity index is 428. The monoisotopic (exact) mass is 250 g/mol. The van der Waals surface area contributed by atoms with E-state index in [1.54, 1.807) is 19.2 Å². The lowest BCUT2D eigenvalue weighted by Crippen LogP contribution is -2.43. The van der Waals surface area contributed by atoms with Crippen molar-refractivity contribution in [1.29, 1.82) is 0 Å². The van der Waals surface area contributed by atoms with Crippen LogP contribution >= 0.6 is 0 Å². The molecule has 3 N–H and O–H groups in total. The van der Waals surface area contributed by atoms with E-state index in [-0.39, 0.29) is 17.7 Å². The quantitative estimate of drug-likeness (QED) is 0.711. The van der Waals surface area contributed by atoms with Crippen molar-refractivity contribution in [1.82, 2.24) is 5.32 Å². The number of ether oxygens (including phenoxy) is 1. The number of carbonyl (C=O) groups is 1. The first kappa shape index (κ1) is 12.7. The van der Waals surface area contributed by atoms with E-state index >= 15 is 0 Å². The molecular weight excluding hydrogens is 232 g/mol. The van der Waals surface area contributed by atoms with Crippen LogP contribution in [0.4, 0.5) is 5.69 Å². The Labute approximate surface area is 106 Å². The molecular formula is C13H18N2O3. The zero-order valence-electron chi connectivity index (χ0n) is 10.4. The lowest BCUT2D eigenvalue weighted by Gasteiger charge is -2.22. The average Bonchev–Trinajstić information content (AvgIpc) is 2.42. The summed E-state index contributed by atoms with van der Waals surface area (Å²) >= 11 is 0. The molecule has 0 saturated carbocycles. The van der Waals surface area contributed by atoms with E-state index < -0.39 is 0 Å². The van der Waals surface area contributed by atoms with Gasteiger partial charge in [-0.15, -0.1) is 0 Å². The van der Waals surface area contributed by atoms with Crippen molar-refractivity contribution in [2.75, 3.05) is 19.0 Å². The highest BCUT2D eigenvalue weighted by Gasteiger charge is 2.21. The van der Waals surface area contributed by atoms with Gasteiger partial charge in [0, 0.05) is 6.07 Å². The number of amides is 1. The molecule has 1 atom stereocenters. The van der Waals surface area contributed by atoms with Gasteiger partial charge in [-0.3, -0.25) is 4.79 Å². The maximum atomic E-state index is 12.0. The number of aromatic hydroxyl groups is 1. The fourth-order valence-corrected chi connectivity index (χ4v) is 2.04. The highest BCUT2D eigenvalue weighted by molar-refractivity contribution is 5.96. The molecule has 0 aromatic heterocycles. The van der Waals surface area contributed by atoms with Crippen molar-refractivity contribution < 1.29 is 14.6 Å². The van der Waals surface area contributed by atoms with Crippen molar-refractivity contribution in [2.24, 2.45) is 0 Å². The van der Waals surface area contributed by atoms with Crippen LogP contribution < -0.4 is 15.4 Å². The molecule has 5 nitrogen and oxygen atoms in total. The Kier molecular flexibility index (Phi) is 4.04. The highest BCUT2D eigenvalue weighted by atomic mass is 16.5. The van der Waals surface area contributed by atoms with Gasteiger partial charge in [-0.25, -0.2) is 0 Å². The first-order chi connectivity index (χ1) is 8.70. The predicted molar refractivity (Wildman–Crippen MR) is 68.9 cm³/mol. The molecule has 1 aliphatic rings. The van der Waals surface area contributed by atoms with E-state index in [0.29, 0.717) is 11.4 Å². The van der Waals surface area contributed by atoms with Crippen LogP contribution in [0.3, 0.4) is 0 Å². The summed E-state index contributed by atoms with van der Waals surface area (Å²) in [6.07, 6.45) is 2.99. The summed E-state index contributed by atoms with van der Waals surface area (Å²) in [5, 5.41) is 15.6. The molecule has 5 heteroatoms. The van der Waals surface area contributed by atoms with E-state index in [0.717, 1.165) is 25.8 Å². The van der Waals surface area contributed by atoms with Gasteiger partial charge in [0.15, 0.2) is 0 Å². The Hall–Kier alpha value is -1.75. The largest absolute Gasteiger partial charge is 0.506 e. The van der Waals surface area contributed by atoms with Crippen LogP contribution in [0, 0.1) is 0 Å². The maximum Gasteiger partial charge on any atom is 0.241 e. The van der Waals surface area contributed by atoms with Gasteiger partial charge in [0.1, 0.15) is 11.5 Å². The highest BCUT2D eigenvalue weighted by Crippen LogP contribution is 2.28. The second kappa shape index (κ2) is 5.73. The molecule has 1 amide bonds. The van der Waals surface area contributed by atoms with E-state index in [4.69, 9.17) is 4.74 Å². The molecule has 1 aromatic carbocycles. The Balaban J connectivity index is 2.05. The average molecular weight is 250 g/mol. The smallest absolute Gasteiger partial charge is 0.241 e. The molecule has 0 spiro atoms. The van der Waals surface area contributed by atoms with Crippen molar-refractivity contribution in [2.45, 2.75) is 25.3 Å². The molecule has 1 fully saturated rings. The van der Waals surface area contributed by atoms with Gasteiger partial charge >= 0.3 is 0 Å². The fraction of sp³-hybridized carbons (Fsp3) is 0.462. The van der Waals surface area contributed by atoms with Gasteiger partial charge in [-0.05, 0) is 31.5 Å². The first-order valence-electron chi connectivity index (χ1n) is 6.12. The number of phenolic OH excluding ortho intramolecular Hbond substituents is 1. The van der Waals surface area contributed by atoms with Crippen molar-refractivity contribution in [3.63, 3.8) is 0 Å². The van der Waals surface area contributed by atoms with Crippen molar-refractivity contribution in [3.05, 3.63) is 18.2 Å². The number of phenols is 1. The van der Waals surface area contributed by atoms with E-state index in [2.05, 4.69) is 10.6 Å². The third-order valence-corrected chi connectivity index (χ3v) is 3.09. The molecule has 1 heterocycles. The van der Waals surface area contributed by atoms with E-state index in [1.807, 2.05) is 0 Å². The lowest BCUT2D eigenvalue weighted by molar-refractivity contribution is -0.118. The van der Waals surface area contributed by atoms with Gasteiger partial charge in [0.25, 0.3) is 0 Å². The second-order valence-corrected chi connectivity index (χ2v) is 4.37. The molecule has 0 aliphatic carbocycles. The standard InChI is InChI=1S/C13H18N2O3/c1-18-9-5-6-12(16)11(8-9)15-13(17)10-4-2-3-7-14-10/h5-6,8,10,14,16H,2-4,7H2,1H3,(H,15,17)/t10-/m1/s1. The number of hydrogen-bond acceptors (Lipinski definition) is 4. The molecule has 0 unspecified atom stereocenters. The van der Waals surface area contributed by atoms with Crippen molar-refractivity contribution >= 4 is 11.6 Å². The fourth-order valence-electron chi connectivity index (χ4n) is 2.04. The third-order valence-electron chi connectivity index (χ3n) is 3.09. The molecule has 18 heavy (non-hydrogen) atoms. The minimum absolute atomic E-state index is 0.0416. The number of methoxy groups -OCH3 is 1. The number of hydrogen-bond donors (Lipinski definition) is 3. The van der Waals surface area contributed by atoms with Crippen LogP contribution in [-0.4, -0.2) is 30.7 Å². The van der Waals surface area contributed by atoms with Gasteiger partial charge in [-0.2, -0.15) is 0 Å². The minimum atomic E-state index is -0.177. The second-order valence-electron chi connectivity index (χ2n) is 4.37. The SMILES string of the molecule is COc1ccc(O)c(NC(=O)[C@H]2CCCCN2)c1. The van der Waals surface area contributed by atoms with E-state index in [1.165, 1.54) is 6.07 Å². The van der Waals surface area contributed by atoms with Crippen LogP contribution in [0.1, 0.15) is 19.3 Å². The van der Waals surface area contributed by atoms with Gasteiger partial charge in [0.05, 0.1) is 18.8 Å².